The minimum atomic E-state index is -1.24. The van der Waals surface area contributed by atoms with E-state index in [9.17, 15) is 47.9 Å². The minimum absolute atomic E-state index is 0. The number of nitrogens with zero attached hydrogens (tertiary/aromatic N) is 4. The monoisotopic (exact) mass is 665 g/mol. The van der Waals surface area contributed by atoms with Crippen molar-refractivity contribution in [3.05, 3.63) is 0 Å². The van der Waals surface area contributed by atoms with Crippen molar-refractivity contribution in [1.29, 1.82) is 0 Å². The Labute approximate surface area is 274 Å². The van der Waals surface area contributed by atoms with Gasteiger partial charge in [0.05, 0.1) is 6.42 Å². The third kappa shape index (κ3) is 9.29. The zero-order valence-corrected chi connectivity index (χ0v) is 26.5. The van der Waals surface area contributed by atoms with Crippen LogP contribution in [0.1, 0.15) is 94.8 Å². The van der Waals surface area contributed by atoms with Crippen LogP contribution < -0.4 is 0 Å². The van der Waals surface area contributed by atoms with Crippen molar-refractivity contribution >= 4 is 59.2 Å². The lowest BCUT2D eigenvalue weighted by molar-refractivity contribution is -0.198. The summed E-state index contributed by atoms with van der Waals surface area (Å²) in [6.45, 7) is 9.03. The van der Waals surface area contributed by atoms with E-state index in [1.807, 2.05) is 27.7 Å². The molecule has 16 heteroatoms. The van der Waals surface area contributed by atoms with Gasteiger partial charge in [0.25, 0.3) is 23.6 Å². The second-order valence-corrected chi connectivity index (χ2v) is 12.2. The summed E-state index contributed by atoms with van der Waals surface area (Å²) >= 11 is 0. The van der Waals surface area contributed by atoms with Crippen molar-refractivity contribution in [1.82, 2.24) is 19.9 Å². The molecule has 47 heavy (non-hydrogen) atoms. The molecule has 4 atom stereocenters. The first-order valence-electron chi connectivity index (χ1n) is 15.8. The first-order valence-corrected chi connectivity index (χ1v) is 15.2. The molecule has 4 rings (SSSR count). The van der Waals surface area contributed by atoms with Crippen molar-refractivity contribution < 1.29 is 59.0 Å². The van der Waals surface area contributed by atoms with E-state index in [2.05, 4.69) is 4.84 Å². The second-order valence-electron chi connectivity index (χ2n) is 12.2. The molecule has 0 bridgehead atoms. The van der Waals surface area contributed by atoms with Crippen molar-refractivity contribution in [2.45, 2.75) is 93.4 Å². The normalized spacial score (nSPS) is 24.8. The van der Waals surface area contributed by atoms with Gasteiger partial charge in [-0.25, -0.2) is 9.59 Å². The van der Waals surface area contributed by atoms with Crippen LogP contribution >= 0.6 is 0 Å². The van der Waals surface area contributed by atoms with Gasteiger partial charge in [0.2, 0.25) is 23.6 Å². The SMILES string of the molecule is C.CC1CC(=O)N(OC(=O)CCN2C(=O)CC(C(C)C)C2=O)C1=O.[2H]C1CC(=O)N(OC(=O)CCCN2C(=O)CC(C(C)C)C2=O)C1=O. The van der Waals surface area contributed by atoms with E-state index < -0.39 is 47.9 Å². The minimum Gasteiger partial charge on any atom is -0.330 e. The van der Waals surface area contributed by atoms with E-state index in [1.54, 1.807) is 6.92 Å². The Balaban J connectivity index is 0.000000327. The predicted octanol–water partition coefficient (Wildman–Crippen LogP) is 1.30. The standard InChI is InChI=1S/2C15H20N2O6.CH4/c1-8(2)10-7-11(18)16(15(10)22)5-4-13(20)23-17-12(19)6-9(3)14(17)21;1-9(2)10-8-13(20)16(15(10)22)7-3-4-14(21)23-17-11(18)5-6-12(17)19;/h8-10H,4-7H2,1-3H3;9-10H,3-8H2,1-2H3;1H4/i;5D;. The molecule has 0 aromatic heterocycles. The Morgan fingerprint density at radius 2 is 1.17 bits per heavy atom. The number of likely N-dealkylation sites (tertiary alicyclic amines) is 2. The molecule has 0 aromatic carbocycles. The molecular weight excluding hydrogens is 620 g/mol. The summed E-state index contributed by atoms with van der Waals surface area (Å²) in [6.07, 6.45) is -1.43. The quantitative estimate of drug-likeness (QED) is 0.287. The number of imide groups is 4. The third-order valence-corrected chi connectivity index (χ3v) is 8.06. The van der Waals surface area contributed by atoms with Gasteiger partial charge in [-0.05, 0) is 18.3 Å². The molecule has 4 aliphatic rings. The molecule has 0 aromatic rings. The molecule has 0 aliphatic carbocycles. The van der Waals surface area contributed by atoms with Gasteiger partial charge in [0.15, 0.2) is 0 Å². The number of carbonyl (C=O) groups excluding carboxylic acids is 10. The smallest absolute Gasteiger partial charge is 0.330 e. The Hall–Kier alpha value is -4.50. The highest BCUT2D eigenvalue weighted by Gasteiger charge is 2.42. The van der Waals surface area contributed by atoms with Crippen LogP contribution in [0, 0.1) is 29.6 Å². The van der Waals surface area contributed by atoms with Crippen LogP contribution in [0.5, 0.6) is 0 Å². The first kappa shape index (κ1) is 37.0. The highest BCUT2D eigenvalue weighted by Crippen LogP contribution is 2.28. The molecule has 0 N–H and O–H groups in total. The number of hydrogen-bond acceptors (Lipinski definition) is 12. The second kappa shape index (κ2) is 16.4. The van der Waals surface area contributed by atoms with Gasteiger partial charge in [-0.1, -0.05) is 42.0 Å². The fraction of sp³-hybridized carbons (Fsp3) is 0.677. The molecule has 4 heterocycles. The maximum Gasteiger partial charge on any atom is 0.335 e. The summed E-state index contributed by atoms with van der Waals surface area (Å²) in [6, 6.07) is 0. The number of carbonyl (C=O) groups is 10. The van der Waals surface area contributed by atoms with E-state index in [1.165, 1.54) is 0 Å². The summed E-state index contributed by atoms with van der Waals surface area (Å²) < 4.78 is 7.31. The topological polar surface area (TPSA) is 202 Å². The number of rotatable bonds is 11. The lowest BCUT2D eigenvalue weighted by Crippen LogP contribution is -2.36. The van der Waals surface area contributed by atoms with Gasteiger partial charge in [-0.15, -0.1) is 10.1 Å². The fourth-order valence-corrected chi connectivity index (χ4v) is 5.22. The maximum absolute atomic E-state index is 12.1. The fourth-order valence-electron chi connectivity index (χ4n) is 5.22. The van der Waals surface area contributed by atoms with Crippen LogP contribution in [-0.2, 0) is 57.6 Å². The molecule has 8 amide bonds. The van der Waals surface area contributed by atoms with E-state index in [4.69, 9.17) is 6.21 Å². The van der Waals surface area contributed by atoms with E-state index in [-0.39, 0.29) is 113 Å². The van der Waals surface area contributed by atoms with Gasteiger partial charge in [-0.3, -0.25) is 48.2 Å². The maximum atomic E-state index is 12.1. The molecule has 4 aliphatic heterocycles. The first-order chi connectivity index (χ1) is 21.9. The molecule has 4 fully saturated rings. The average molecular weight is 666 g/mol. The summed E-state index contributed by atoms with van der Waals surface area (Å²) in [5, 5.41) is 0.790. The largest absolute Gasteiger partial charge is 0.335 e. The van der Waals surface area contributed by atoms with Crippen LogP contribution in [0.25, 0.3) is 0 Å². The summed E-state index contributed by atoms with van der Waals surface area (Å²) in [5.74, 6) is -6.52. The third-order valence-electron chi connectivity index (χ3n) is 8.06. The van der Waals surface area contributed by atoms with Crippen LogP contribution in [0.3, 0.4) is 0 Å². The molecular formula is C31H44N4O12. The van der Waals surface area contributed by atoms with Gasteiger partial charge in [-0.2, -0.15) is 0 Å². The Morgan fingerprint density at radius 3 is 1.60 bits per heavy atom. The zero-order valence-electron chi connectivity index (χ0n) is 27.5. The highest BCUT2D eigenvalue weighted by atomic mass is 16.7. The lowest BCUT2D eigenvalue weighted by atomic mass is 9.94. The van der Waals surface area contributed by atoms with E-state index >= 15 is 0 Å². The number of hydrogen-bond donors (Lipinski definition) is 0. The molecule has 4 saturated heterocycles. The van der Waals surface area contributed by atoms with Gasteiger partial charge in [0, 0.05) is 70.7 Å². The van der Waals surface area contributed by atoms with Gasteiger partial charge < -0.3 is 9.68 Å². The van der Waals surface area contributed by atoms with Crippen molar-refractivity contribution in [2.24, 2.45) is 29.6 Å². The Bertz CT molecular complexity index is 1360. The molecule has 0 radical (unpaired) electrons. The molecule has 0 spiro atoms. The zero-order chi connectivity index (χ0) is 35.3. The molecule has 16 nitrogen and oxygen atoms in total. The number of amides is 8. The van der Waals surface area contributed by atoms with Crippen LogP contribution in [0.2, 0.25) is 0 Å². The average Bonchev–Trinajstić information content (AvgIpc) is 3.61. The highest BCUT2D eigenvalue weighted by molar-refractivity contribution is 6.05. The van der Waals surface area contributed by atoms with Crippen LogP contribution in [0.15, 0.2) is 0 Å². The number of hydroxylamine groups is 4. The summed E-state index contributed by atoms with van der Waals surface area (Å²) in [4.78, 5) is 129. The Kier molecular flexibility index (Phi) is 12.9. The lowest BCUT2D eigenvalue weighted by Gasteiger charge is -2.17. The molecule has 260 valence electrons. The van der Waals surface area contributed by atoms with Gasteiger partial charge in [0.1, 0.15) is 0 Å². The van der Waals surface area contributed by atoms with E-state index in [0.29, 0.717) is 10.1 Å². The summed E-state index contributed by atoms with van der Waals surface area (Å²) in [5.41, 5.74) is 0. The van der Waals surface area contributed by atoms with E-state index in [0.717, 1.165) is 9.80 Å². The van der Waals surface area contributed by atoms with Crippen molar-refractivity contribution in [2.75, 3.05) is 13.1 Å². The van der Waals surface area contributed by atoms with Crippen LogP contribution in [-0.4, -0.2) is 92.2 Å². The Morgan fingerprint density at radius 1 is 0.681 bits per heavy atom. The molecule has 4 unspecified atom stereocenters. The van der Waals surface area contributed by atoms with Gasteiger partial charge >= 0.3 is 11.9 Å². The van der Waals surface area contributed by atoms with Crippen LogP contribution in [0.4, 0.5) is 0 Å². The van der Waals surface area contributed by atoms with Crippen molar-refractivity contribution in [3.8, 4) is 0 Å². The predicted molar refractivity (Wildman–Crippen MR) is 159 cm³/mol. The summed E-state index contributed by atoms with van der Waals surface area (Å²) in [7, 11) is 0. The van der Waals surface area contributed by atoms with Crippen molar-refractivity contribution in [3.63, 3.8) is 0 Å². The molecule has 0 saturated carbocycles.